The van der Waals surface area contributed by atoms with E-state index in [1.807, 2.05) is 4.90 Å². The van der Waals surface area contributed by atoms with Crippen LogP contribution in [0.15, 0.2) is 53.6 Å². The van der Waals surface area contributed by atoms with Crippen LogP contribution in [0.5, 0.6) is 0 Å². The van der Waals surface area contributed by atoms with Gasteiger partial charge in [-0.15, -0.1) is 5.10 Å². The number of rotatable bonds is 3. The standard InChI is InChI=1S/C24H22ClFN6O2/c1-14-19(13-27-32(14)23-28-21(33)20-3-2-10-30(20)29-23)22(34)31-17-8-9-18(31)12-24(26,11-17)15-4-6-16(25)7-5-15/h2-7,10,13,17-18H,8-9,11-12H2,1H3,(H,28,29,33). The number of amides is 1. The maximum atomic E-state index is 16.0. The van der Waals surface area contributed by atoms with Gasteiger partial charge in [0, 0.05) is 36.1 Å². The van der Waals surface area contributed by atoms with Gasteiger partial charge in [-0.3, -0.25) is 14.6 Å². The highest BCUT2D eigenvalue weighted by atomic mass is 35.5. The number of halogens is 2. The Kier molecular flexibility index (Phi) is 4.67. The van der Waals surface area contributed by atoms with Crippen LogP contribution in [0.3, 0.4) is 0 Å². The molecule has 1 amide bonds. The Morgan fingerprint density at radius 3 is 2.59 bits per heavy atom. The van der Waals surface area contributed by atoms with Gasteiger partial charge in [0.1, 0.15) is 11.2 Å². The molecule has 2 aliphatic rings. The smallest absolute Gasteiger partial charge is 0.276 e. The summed E-state index contributed by atoms with van der Waals surface area (Å²) in [4.78, 5) is 30.5. The predicted octanol–water partition coefficient (Wildman–Crippen LogP) is 3.80. The molecule has 2 saturated heterocycles. The molecule has 0 spiro atoms. The normalized spacial score (nSPS) is 24.1. The van der Waals surface area contributed by atoms with Gasteiger partial charge in [-0.25, -0.2) is 13.6 Å². The van der Waals surface area contributed by atoms with Gasteiger partial charge in [-0.1, -0.05) is 23.7 Å². The highest BCUT2D eigenvalue weighted by Crippen LogP contribution is 2.48. The molecule has 1 N–H and O–H groups in total. The van der Waals surface area contributed by atoms with Crippen molar-refractivity contribution in [3.63, 3.8) is 0 Å². The van der Waals surface area contributed by atoms with Gasteiger partial charge in [-0.2, -0.15) is 5.10 Å². The van der Waals surface area contributed by atoms with E-state index < -0.39 is 5.67 Å². The lowest BCUT2D eigenvalue weighted by molar-refractivity contribution is 0.0104. The first-order chi connectivity index (χ1) is 16.3. The van der Waals surface area contributed by atoms with Crippen molar-refractivity contribution in [3.05, 3.63) is 81.0 Å². The van der Waals surface area contributed by atoms with Crippen molar-refractivity contribution in [1.29, 1.82) is 0 Å². The fraction of sp³-hybridized carbons (Fsp3) is 0.333. The molecule has 1 aromatic carbocycles. The number of aromatic amines is 1. The number of alkyl halides is 1. The molecule has 2 atom stereocenters. The Bertz CT molecular complexity index is 1460. The zero-order chi connectivity index (χ0) is 23.6. The Morgan fingerprint density at radius 1 is 1.18 bits per heavy atom. The molecule has 0 aliphatic carbocycles. The van der Waals surface area contributed by atoms with E-state index in [0.29, 0.717) is 27.4 Å². The summed E-state index contributed by atoms with van der Waals surface area (Å²) < 4.78 is 18.9. The summed E-state index contributed by atoms with van der Waals surface area (Å²) in [6.07, 6.45) is 5.21. The third kappa shape index (κ3) is 3.18. The van der Waals surface area contributed by atoms with E-state index in [4.69, 9.17) is 11.6 Å². The lowest BCUT2D eigenvalue weighted by atomic mass is 9.82. The summed E-state index contributed by atoms with van der Waals surface area (Å²) in [5.74, 6) is 0.0520. The van der Waals surface area contributed by atoms with Crippen LogP contribution in [0.4, 0.5) is 4.39 Å². The lowest BCUT2D eigenvalue weighted by Crippen LogP contribution is -2.50. The number of piperidine rings is 1. The van der Waals surface area contributed by atoms with Crippen molar-refractivity contribution in [2.45, 2.75) is 50.4 Å². The van der Waals surface area contributed by atoms with Crippen molar-refractivity contribution >= 4 is 23.0 Å². The second kappa shape index (κ2) is 7.53. The Balaban J connectivity index is 1.29. The third-order valence-corrected chi connectivity index (χ3v) is 7.42. The summed E-state index contributed by atoms with van der Waals surface area (Å²) in [6.45, 7) is 1.76. The fourth-order valence-corrected chi connectivity index (χ4v) is 5.63. The molecular weight excluding hydrogens is 459 g/mol. The maximum absolute atomic E-state index is 16.0. The average Bonchev–Trinajstić information content (AvgIpc) is 3.50. The number of nitrogens with one attached hydrogen (secondary N) is 1. The second-order valence-electron chi connectivity index (χ2n) is 9.15. The van der Waals surface area contributed by atoms with Crippen LogP contribution in [-0.4, -0.2) is 47.3 Å². The van der Waals surface area contributed by atoms with E-state index in [2.05, 4.69) is 15.2 Å². The molecule has 10 heteroatoms. The van der Waals surface area contributed by atoms with E-state index in [1.165, 1.54) is 15.4 Å². The number of nitrogens with zero attached hydrogens (tertiary/aromatic N) is 5. The summed E-state index contributed by atoms with van der Waals surface area (Å²) >= 11 is 5.98. The average molecular weight is 481 g/mol. The highest BCUT2D eigenvalue weighted by Gasteiger charge is 2.51. The van der Waals surface area contributed by atoms with E-state index in [9.17, 15) is 9.59 Å². The van der Waals surface area contributed by atoms with Crippen molar-refractivity contribution in [2.24, 2.45) is 0 Å². The van der Waals surface area contributed by atoms with Crippen molar-refractivity contribution in [3.8, 4) is 5.95 Å². The molecule has 0 radical (unpaired) electrons. The quantitative estimate of drug-likeness (QED) is 0.483. The monoisotopic (exact) mass is 480 g/mol. The summed E-state index contributed by atoms with van der Waals surface area (Å²) in [5.41, 5.74) is 0.236. The Labute approximate surface area is 199 Å². The first-order valence-corrected chi connectivity index (χ1v) is 11.6. The van der Waals surface area contributed by atoms with Crippen molar-refractivity contribution < 1.29 is 9.18 Å². The Morgan fingerprint density at radius 2 is 1.88 bits per heavy atom. The minimum atomic E-state index is -1.48. The van der Waals surface area contributed by atoms with Crippen LogP contribution in [-0.2, 0) is 5.67 Å². The van der Waals surface area contributed by atoms with Crippen LogP contribution in [0.1, 0.15) is 47.3 Å². The number of hydrogen-bond donors (Lipinski definition) is 1. The molecule has 2 bridgehead atoms. The molecule has 34 heavy (non-hydrogen) atoms. The van der Waals surface area contributed by atoms with Crippen LogP contribution in [0, 0.1) is 6.92 Å². The van der Waals surface area contributed by atoms with Crippen LogP contribution >= 0.6 is 11.6 Å². The topological polar surface area (TPSA) is 88.3 Å². The van der Waals surface area contributed by atoms with Gasteiger partial charge in [0.25, 0.3) is 11.5 Å². The summed E-state index contributed by atoms with van der Waals surface area (Å²) in [6, 6.07) is 9.91. The summed E-state index contributed by atoms with van der Waals surface area (Å²) in [5, 5.41) is 9.29. The Hall–Kier alpha value is -3.46. The minimum absolute atomic E-state index is 0.168. The third-order valence-electron chi connectivity index (χ3n) is 7.16. The molecule has 5 heterocycles. The van der Waals surface area contributed by atoms with E-state index in [0.717, 1.165) is 12.8 Å². The molecule has 6 rings (SSSR count). The van der Waals surface area contributed by atoms with Crippen LogP contribution in [0.25, 0.3) is 11.5 Å². The number of fused-ring (bicyclic) bond motifs is 3. The fourth-order valence-electron chi connectivity index (χ4n) is 5.51. The number of hydrogen-bond acceptors (Lipinski definition) is 4. The highest BCUT2D eigenvalue weighted by molar-refractivity contribution is 6.30. The second-order valence-corrected chi connectivity index (χ2v) is 9.59. The molecular formula is C24H22ClFN6O2. The maximum Gasteiger partial charge on any atom is 0.276 e. The zero-order valence-corrected chi connectivity index (χ0v) is 19.2. The number of carbonyl (C=O) groups is 1. The number of benzene rings is 1. The SMILES string of the molecule is Cc1c(C(=O)N2C3CCC2CC(F)(c2ccc(Cl)cc2)C3)cnn1-c1nn2cccc2c(=O)[nH]1. The molecule has 8 nitrogen and oxygen atoms in total. The zero-order valence-electron chi connectivity index (χ0n) is 18.4. The van der Waals surface area contributed by atoms with Gasteiger partial charge >= 0.3 is 0 Å². The van der Waals surface area contributed by atoms with Gasteiger partial charge in [0.2, 0.25) is 5.95 Å². The molecule has 4 aromatic rings. The molecule has 2 fully saturated rings. The minimum Gasteiger partial charge on any atom is -0.332 e. The van der Waals surface area contributed by atoms with Crippen LogP contribution < -0.4 is 5.56 Å². The van der Waals surface area contributed by atoms with Crippen molar-refractivity contribution in [2.75, 3.05) is 0 Å². The predicted molar refractivity (Wildman–Crippen MR) is 124 cm³/mol. The number of H-pyrrole nitrogens is 1. The van der Waals surface area contributed by atoms with Gasteiger partial charge in [0.05, 0.1) is 17.5 Å². The molecule has 174 valence electrons. The van der Waals surface area contributed by atoms with E-state index in [1.54, 1.807) is 49.5 Å². The largest absolute Gasteiger partial charge is 0.332 e. The van der Waals surface area contributed by atoms with Crippen molar-refractivity contribution in [1.82, 2.24) is 29.3 Å². The van der Waals surface area contributed by atoms with Gasteiger partial charge in [-0.05, 0) is 49.6 Å². The molecule has 0 saturated carbocycles. The summed E-state index contributed by atoms with van der Waals surface area (Å²) in [7, 11) is 0. The first kappa shape index (κ1) is 21.1. The molecule has 2 unspecified atom stereocenters. The molecule has 3 aromatic heterocycles. The molecule has 2 aliphatic heterocycles. The van der Waals surface area contributed by atoms with Gasteiger partial charge < -0.3 is 4.90 Å². The number of carbonyl (C=O) groups excluding carboxylic acids is 1. The van der Waals surface area contributed by atoms with E-state index in [-0.39, 0.29) is 42.3 Å². The van der Waals surface area contributed by atoms with Crippen LogP contribution in [0.2, 0.25) is 5.02 Å². The number of aromatic nitrogens is 5. The van der Waals surface area contributed by atoms with Gasteiger partial charge in [0.15, 0.2) is 0 Å². The lowest BCUT2D eigenvalue weighted by Gasteiger charge is -2.42. The first-order valence-electron chi connectivity index (χ1n) is 11.2. The van der Waals surface area contributed by atoms with E-state index >= 15 is 4.39 Å².